The van der Waals surface area contributed by atoms with Crippen LogP contribution in [0.5, 0.6) is 0 Å². The van der Waals surface area contributed by atoms with Gasteiger partial charge in [-0.1, -0.05) is 18.2 Å². The molecule has 26 heavy (non-hydrogen) atoms. The van der Waals surface area contributed by atoms with Gasteiger partial charge in [0.05, 0.1) is 0 Å². The highest BCUT2D eigenvalue weighted by Gasteiger charge is 2.39. The van der Waals surface area contributed by atoms with E-state index < -0.39 is 6.04 Å². The molecule has 2 fully saturated rings. The van der Waals surface area contributed by atoms with Gasteiger partial charge in [-0.25, -0.2) is 0 Å². The molecule has 7 heteroatoms. The number of carbonyl (C=O) groups is 3. The van der Waals surface area contributed by atoms with Crippen LogP contribution >= 0.6 is 0 Å². The molecule has 0 bridgehead atoms. The molecule has 0 aliphatic carbocycles. The molecule has 2 unspecified atom stereocenters. The molecule has 0 aromatic heterocycles. The first-order valence-electron chi connectivity index (χ1n) is 9.33. The van der Waals surface area contributed by atoms with Crippen molar-refractivity contribution in [2.45, 2.75) is 50.9 Å². The largest absolute Gasteiger partial charge is 0.322 e. The van der Waals surface area contributed by atoms with Crippen LogP contribution in [0.2, 0.25) is 0 Å². The van der Waals surface area contributed by atoms with Crippen LogP contribution in [0, 0.1) is 0 Å². The van der Waals surface area contributed by atoms with Gasteiger partial charge in [0.25, 0.3) is 5.91 Å². The zero-order valence-corrected chi connectivity index (χ0v) is 14.7. The van der Waals surface area contributed by atoms with Crippen molar-refractivity contribution in [1.29, 1.82) is 0 Å². The van der Waals surface area contributed by atoms with Gasteiger partial charge in [0, 0.05) is 37.7 Å². The molecule has 1 aromatic rings. The quantitative estimate of drug-likeness (QED) is 0.675. The number of benzene rings is 1. The van der Waals surface area contributed by atoms with E-state index in [-0.39, 0.29) is 24.1 Å². The van der Waals surface area contributed by atoms with Gasteiger partial charge in [0.15, 0.2) is 0 Å². The number of amides is 3. The highest BCUT2D eigenvalue weighted by Crippen LogP contribution is 2.29. The smallest absolute Gasteiger partial charge is 0.255 e. The monoisotopic (exact) mass is 356 g/mol. The lowest BCUT2D eigenvalue weighted by molar-refractivity contribution is -0.136. The summed E-state index contributed by atoms with van der Waals surface area (Å²) in [5.41, 5.74) is 2.65. The van der Waals surface area contributed by atoms with E-state index in [1.54, 1.807) is 4.90 Å². The highest BCUT2D eigenvalue weighted by molar-refractivity contribution is 6.05. The first-order chi connectivity index (χ1) is 12.6. The van der Waals surface area contributed by atoms with Gasteiger partial charge in [-0.15, -0.1) is 0 Å². The minimum absolute atomic E-state index is 0.103. The molecular weight excluding hydrogens is 332 g/mol. The van der Waals surface area contributed by atoms with Crippen LogP contribution < -0.4 is 16.0 Å². The lowest BCUT2D eigenvalue weighted by Gasteiger charge is -2.29. The Morgan fingerprint density at radius 2 is 2.08 bits per heavy atom. The summed E-state index contributed by atoms with van der Waals surface area (Å²) in [6.45, 7) is 3.09. The molecule has 1 aromatic carbocycles. The molecule has 3 aliphatic heterocycles. The standard InChI is InChI=1S/C19H24N4O3/c24-16-7-6-15(18(25)22-16)23-11-13-4-1-3-12(17(13)19(23)26)9-21-14-5-2-8-20-10-14/h1,3-4,14-15,20-21H,2,5-11H2,(H,22,24,25). The van der Waals surface area contributed by atoms with E-state index in [1.165, 1.54) is 0 Å². The van der Waals surface area contributed by atoms with Crippen LogP contribution in [-0.2, 0) is 22.7 Å². The third-order valence-electron chi connectivity index (χ3n) is 5.52. The fourth-order valence-electron chi connectivity index (χ4n) is 4.12. The molecule has 0 radical (unpaired) electrons. The number of nitrogens with zero attached hydrogens (tertiary/aromatic N) is 1. The average Bonchev–Trinajstić information content (AvgIpc) is 2.98. The van der Waals surface area contributed by atoms with Crippen molar-refractivity contribution in [2.75, 3.05) is 13.1 Å². The van der Waals surface area contributed by atoms with Crippen LogP contribution in [0.4, 0.5) is 0 Å². The van der Waals surface area contributed by atoms with Crippen molar-refractivity contribution < 1.29 is 14.4 Å². The van der Waals surface area contributed by atoms with Crippen molar-refractivity contribution in [3.8, 4) is 0 Å². The van der Waals surface area contributed by atoms with E-state index in [0.29, 0.717) is 31.1 Å². The van der Waals surface area contributed by atoms with Crippen molar-refractivity contribution in [3.05, 3.63) is 34.9 Å². The predicted octanol–water partition coefficient (Wildman–Crippen LogP) is 0.289. The summed E-state index contributed by atoms with van der Waals surface area (Å²) in [5, 5.41) is 9.27. The Bertz CT molecular complexity index is 742. The molecule has 4 rings (SSSR count). The Labute approximate surface area is 152 Å². The molecular formula is C19H24N4O3. The van der Waals surface area contributed by atoms with Gasteiger partial charge in [-0.2, -0.15) is 0 Å². The van der Waals surface area contributed by atoms with Crippen molar-refractivity contribution in [2.24, 2.45) is 0 Å². The first kappa shape index (κ1) is 17.2. The second-order valence-electron chi connectivity index (χ2n) is 7.28. The minimum Gasteiger partial charge on any atom is -0.322 e. The van der Waals surface area contributed by atoms with Crippen molar-refractivity contribution >= 4 is 17.7 Å². The van der Waals surface area contributed by atoms with E-state index in [1.807, 2.05) is 18.2 Å². The van der Waals surface area contributed by atoms with E-state index in [2.05, 4.69) is 16.0 Å². The third kappa shape index (κ3) is 3.24. The summed E-state index contributed by atoms with van der Waals surface area (Å²) in [7, 11) is 0. The topological polar surface area (TPSA) is 90.5 Å². The summed E-state index contributed by atoms with van der Waals surface area (Å²) in [4.78, 5) is 38.2. The number of carbonyl (C=O) groups excluding carboxylic acids is 3. The van der Waals surface area contributed by atoms with Gasteiger partial charge in [-0.05, 0) is 36.9 Å². The van der Waals surface area contributed by atoms with Crippen LogP contribution in [0.25, 0.3) is 0 Å². The fourth-order valence-corrected chi connectivity index (χ4v) is 4.12. The van der Waals surface area contributed by atoms with Crippen LogP contribution in [0.3, 0.4) is 0 Å². The molecule has 0 saturated carbocycles. The summed E-state index contributed by atoms with van der Waals surface area (Å²) < 4.78 is 0. The maximum atomic E-state index is 13.0. The molecule has 3 heterocycles. The van der Waals surface area contributed by atoms with Gasteiger partial charge in [0.2, 0.25) is 11.8 Å². The molecule has 3 aliphatic rings. The first-order valence-corrected chi connectivity index (χ1v) is 9.33. The fraction of sp³-hybridized carbons (Fsp3) is 0.526. The van der Waals surface area contributed by atoms with Gasteiger partial charge in [-0.3, -0.25) is 19.7 Å². The lowest BCUT2D eigenvalue weighted by Crippen LogP contribution is -2.52. The highest BCUT2D eigenvalue weighted by atomic mass is 16.2. The maximum absolute atomic E-state index is 13.0. The Hall–Kier alpha value is -2.25. The molecule has 3 amide bonds. The zero-order chi connectivity index (χ0) is 18.1. The van der Waals surface area contributed by atoms with E-state index in [9.17, 15) is 14.4 Å². The Morgan fingerprint density at radius 1 is 1.19 bits per heavy atom. The summed E-state index contributed by atoms with van der Waals surface area (Å²) >= 11 is 0. The minimum atomic E-state index is -0.559. The van der Waals surface area contributed by atoms with E-state index in [0.717, 1.165) is 37.1 Å². The molecule has 2 saturated heterocycles. The number of imide groups is 1. The van der Waals surface area contributed by atoms with E-state index >= 15 is 0 Å². The molecule has 0 spiro atoms. The van der Waals surface area contributed by atoms with Crippen molar-refractivity contribution in [3.63, 3.8) is 0 Å². The Balaban J connectivity index is 1.49. The second-order valence-corrected chi connectivity index (χ2v) is 7.28. The summed E-state index contributed by atoms with van der Waals surface area (Å²) in [6.07, 6.45) is 2.97. The second kappa shape index (κ2) is 7.17. The van der Waals surface area contributed by atoms with E-state index in [4.69, 9.17) is 0 Å². The van der Waals surface area contributed by atoms with Crippen LogP contribution in [0.15, 0.2) is 18.2 Å². The molecule has 7 nitrogen and oxygen atoms in total. The number of fused-ring (bicyclic) bond motifs is 1. The third-order valence-corrected chi connectivity index (χ3v) is 5.52. The predicted molar refractivity (Wildman–Crippen MR) is 95.2 cm³/mol. The number of rotatable bonds is 4. The number of hydrogen-bond donors (Lipinski definition) is 3. The number of hydrogen-bond acceptors (Lipinski definition) is 5. The Morgan fingerprint density at radius 3 is 2.85 bits per heavy atom. The SMILES string of the molecule is O=C1CCC(N2Cc3cccc(CNC4CCCNC4)c3C2=O)C(=O)N1. The number of piperidine rings is 2. The van der Waals surface area contributed by atoms with Crippen LogP contribution in [-0.4, -0.2) is 47.8 Å². The zero-order valence-electron chi connectivity index (χ0n) is 14.7. The summed E-state index contributed by atoms with van der Waals surface area (Å²) in [6, 6.07) is 5.76. The molecule has 138 valence electrons. The lowest BCUT2D eigenvalue weighted by atomic mass is 10.0. The Kier molecular flexibility index (Phi) is 4.74. The van der Waals surface area contributed by atoms with Crippen LogP contribution in [0.1, 0.15) is 47.2 Å². The molecule has 2 atom stereocenters. The maximum Gasteiger partial charge on any atom is 0.255 e. The number of nitrogens with one attached hydrogen (secondary N) is 3. The summed E-state index contributed by atoms with van der Waals surface area (Å²) in [5.74, 6) is -0.731. The van der Waals surface area contributed by atoms with Gasteiger partial charge in [0.1, 0.15) is 6.04 Å². The van der Waals surface area contributed by atoms with Gasteiger partial charge < -0.3 is 15.5 Å². The average molecular weight is 356 g/mol. The van der Waals surface area contributed by atoms with Gasteiger partial charge >= 0.3 is 0 Å². The normalized spacial score (nSPS) is 26.0. The molecule has 3 N–H and O–H groups in total. The van der Waals surface area contributed by atoms with Crippen molar-refractivity contribution in [1.82, 2.24) is 20.9 Å².